The summed E-state index contributed by atoms with van der Waals surface area (Å²) in [5, 5.41) is 22.4. The first-order chi connectivity index (χ1) is 7.66. The quantitative estimate of drug-likeness (QED) is 0.810. The predicted octanol–water partition coefficient (Wildman–Crippen LogP) is 0.754. The summed E-state index contributed by atoms with van der Waals surface area (Å²) in [5.74, 6) is -1.22. The molecule has 0 fully saturated rings. The molecule has 7 heteroatoms. The number of benzene rings is 1. The number of hydrogen-bond donors (Lipinski definition) is 2. The molecule has 16 heavy (non-hydrogen) atoms. The Hall–Kier alpha value is -1.89. The zero-order valence-corrected chi connectivity index (χ0v) is 8.06. The molecule has 0 aliphatic carbocycles. The number of aromatic nitrogens is 4. The molecule has 1 aromatic carbocycles. The molecule has 2 aromatic rings. The lowest BCUT2D eigenvalue weighted by Gasteiger charge is -2.09. The van der Waals surface area contributed by atoms with Crippen molar-refractivity contribution in [1.29, 1.82) is 0 Å². The van der Waals surface area contributed by atoms with Crippen molar-refractivity contribution in [3.05, 3.63) is 41.2 Å². The summed E-state index contributed by atoms with van der Waals surface area (Å²) < 4.78 is 25.9. The molecule has 0 amide bonds. The maximum atomic E-state index is 13.3. The molecular weight excluding hydrogens is 218 g/mol. The van der Waals surface area contributed by atoms with Gasteiger partial charge in [0, 0.05) is 18.1 Å². The summed E-state index contributed by atoms with van der Waals surface area (Å²) in [6.07, 6.45) is -1.11. The molecular formula is C9H8F2N4O. The Bertz CT molecular complexity index is 474. The maximum Gasteiger partial charge on any atom is 0.177 e. The summed E-state index contributed by atoms with van der Waals surface area (Å²) in [5.41, 5.74) is 0.00574. The molecule has 0 bridgehead atoms. The van der Waals surface area contributed by atoms with Crippen LogP contribution in [0.1, 0.15) is 17.5 Å². The summed E-state index contributed by atoms with van der Waals surface area (Å²) >= 11 is 0. The van der Waals surface area contributed by atoms with Crippen molar-refractivity contribution >= 4 is 0 Å². The Balaban J connectivity index is 2.17. The van der Waals surface area contributed by atoms with E-state index in [4.69, 9.17) is 0 Å². The van der Waals surface area contributed by atoms with E-state index in [0.717, 1.165) is 12.1 Å². The van der Waals surface area contributed by atoms with Gasteiger partial charge in [0.1, 0.15) is 11.6 Å². The second-order valence-electron chi connectivity index (χ2n) is 3.21. The molecule has 0 aliphatic heterocycles. The lowest BCUT2D eigenvalue weighted by atomic mass is 10.1. The van der Waals surface area contributed by atoms with E-state index in [1.54, 1.807) is 0 Å². The van der Waals surface area contributed by atoms with Crippen LogP contribution in [0.5, 0.6) is 0 Å². The van der Waals surface area contributed by atoms with Crippen LogP contribution in [0, 0.1) is 11.6 Å². The van der Waals surface area contributed by atoms with Gasteiger partial charge in [-0.15, -0.1) is 10.2 Å². The van der Waals surface area contributed by atoms with E-state index >= 15 is 0 Å². The minimum Gasteiger partial charge on any atom is -0.388 e. The average Bonchev–Trinajstić information content (AvgIpc) is 2.70. The van der Waals surface area contributed by atoms with E-state index in [-0.39, 0.29) is 17.8 Å². The number of halogens is 2. The van der Waals surface area contributed by atoms with Crippen LogP contribution in [0.4, 0.5) is 8.78 Å². The zero-order chi connectivity index (χ0) is 11.5. The Morgan fingerprint density at radius 3 is 2.81 bits per heavy atom. The molecule has 0 aliphatic rings. The van der Waals surface area contributed by atoms with Crippen LogP contribution in [0.15, 0.2) is 18.2 Å². The second-order valence-corrected chi connectivity index (χ2v) is 3.21. The van der Waals surface area contributed by atoms with Gasteiger partial charge in [-0.25, -0.2) is 8.78 Å². The number of H-pyrrole nitrogens is 1. The molecule has 0 spiro atoms. The van der Waals surface area contributed by atoms with Crippen LogP contribution in [0.2, 0.25) is 0 Å². The highest BCUT2D eigenvalue weighted by atomic mass is 19.1. The second kappa shape index (κ2) is 4.31. The van der Waals surface area contributed by atoms with E-state index in [2.05, 4.69) is 20.6 Å². The number of nitrogens with one attached hydrogen (secondary N) is 1. The third-order valence-corrected chi connectivity index (χ3v) is 2.09. The third kappa shape index (κ3) is 2.19. The Morgan fingerprint density at radius 2 is 2.19 bits per heavy atom. The standard InChI is InChI=1S/C9H8F2N4O/c10-5-1-2-6(7(11)3-5)8(16)4-9-12-14-15-13-9/h1-3,8,16H,4H2,(H,12,13,14,15). The van der Waals surface area contributed by atoms with Crippen molar-refractivity contribution < 1.29 is 13.9 Å². The van der Waals surface area contributed by atoms with Gasteiger partial charge in [-0.05, 0) is 6.07 Å². The lowest BCUT2D eigenvalue weighted by molar-refractivity contribution is 0.171. The number of aliphatic hydroxyl groups excluding tert-OH is 1. The highest BCUT2D eigenvalue weighted by Crippen LogP contribution is 2.20. The fraction of sp³-hybridized carbons (Fsp3) is 0.222. The van der Waals surface area contributed by atoms with E-state index in [9.17, 15) is 13.9 Å². The van der Waals surface area contributed by atoms with Crippen molar-refractivity contribution in [3.63, 3.8) is 0 Å². The summed E-state index contributed by atoms with van der Waals surface area (Å²) in [6, 6.07) is 2.99. The van der Waals surface area contributed by atoms with Gasteiger partial charge >= 0.3 is 0 Å². The topological polar surface area (TPSA) is 74.7 Å². The normalized spacial score (nSPS) is 12.7. The maximum absolute atomic E-state index is 13.3. The van der Waals surface area contributed by atoms with Crippen molar-refractivity contribution in [2.75, 3.05) is 0 Å². The molecule has 2 N–H and O–H groups in total. The summed E-state index contributed by atoms with van der Waals surface area (Å²) in [6.45, 7) is 0. The van der Waals surface area contributed by atoms with Crippen LogP contribution in [0.25, 0.3) is 0 Å². The fourth-order valence-electron chi connectivity index (χ4n) is 1.32. The monoisotopic (exact) mass is 226 g/mol. The minimum atomic E-state index is -1.13. The van der Waals surface area contributed by atoms with Crippen LogP contribution in [-0.2, 0) is 6.42 Å². The highest BCUT2D eigenvalue weighted by Gasteiger charge is 2.15. The minimum absolute atomic E-state index is 0.00574. The van der Waals surface area contributed by atoms with Gasteiger partial charge in [0.05, 0.1) is 6.10 Å². The summed E-state index contributed by atoms with van der Waals surface area (Å²) in [4.78, 5) is 0. The van der Waals surface area contributed by atoms with Crippen LogP contribution < -0.4 is 0 Å². The molecule has 84 valence electrons. The van der Waals surface area contributed by atoms with E-state index in [1.165, 1.54) is 6.07 Å². The summed E-state index contributed by atoms with van der Waals surface area (Å²) in [7, 11) is 0. The SMILES string of the molecule is OC(Cc1nn[nH]n1)c1ccc(F)cc1F. The van der Waals surface area contributed by atoms with Crippen molar-refractivity contribution in [3.8, 4) is 0 Å². The largest absolute Gasteiger partial charge is 0.388 e. The number of tetrazole rings is 1. The van der Waals surface area contributed by atoms with E-state index in [0.29, 0.717) is 0 Å². The van der Waals surface area contributed by atoms with E-state index < -0.39 is 17.7 Å². The van der Waals surface area contributed by atoms with Crippen molar-refractivity contribution in [2.24, 2.45) is 0 Å². The smallest absolute Gasteiger partial charge is 0.177 e. The lowest BCUT2D eigenvalue weighted by Crippen LogP contribution is -2.06. The number of rotatable bonds is 3. The molecule has 1 heterocycles. The molecule has 1 unspecified atom stereocenters. The van der Waals surface area contributed by atoms with Crippen molar-refractivity contribution in [1.82, 2.24) is 20.6 Å². The molecule has 2 rings (SSSR count). The van der Waals surface area contributed by atoms with Gasteiger partial charge < -0.3 is 5.11 Å². The average molecular weight is 226 g/mol. The third-order valence-electron chi connectivity index (χ3n) is 2.09. The van der Waals surface area contributed by atoms with Gasteiger partial charge in [-0.2, -0.15) is 5.21 Å². The molecule has 0 saturated heterocycles. The molecule has 0 saturated carbocycles. The van der Waals surface area contributed by atoms with Crippen LogP contribution in [-0.4, -0.2) is 25.7 Å². The van der Waals surface area contributed by atoms with Crippen LogP contribution in [0.3, 0.4) is 0 Å². The number of hydrogen-bond acceptors (Lipinski definition) is 4. The number of nitrogens with zero attached hydrogens (tertiary/aromatic N) is 3. The predicted molar refractivity (Wildman–Crippen MR) is 49.2 cm³/mol. The van der Waals surface area contributed by atoms with Gasteiger partial charge in [0.15, 0.2) is 5.82 Å². The molecule has 0 radical (unpaired) electrons. The van der Waals surface area contributed by atoms with Gasteiger partial charge in [0.25, 0.3) is 0 Å². The van der Waals surface area contributed by atoms with Crippen molar-refractivity contribution in [2.45, 2.75) is 12.5 Å². The van der Waals surface area contributed by atoms with Crippen LogP contribution >= 0.6 is 0 Å². The fourth-order valence-corrected chi connectivity index (χ4v) is 1.32. The molecule has 5 nitrogen and oxygen atoms in total. The first-order valence-corrected chi connectivity index (χ1v) is 4.52. The molecule has 1 atom stereocenters. The van der Waals surface area contributed by atoms with E-state index in [1.807, 2.05) is 0 Å². The molecule has 1 aromatic heterocycles. The first kappa shape index (κ1) is 10.6. The van der Waals surface area contributed by atoms with Gasteiger partial charge in [-0.3, -0.25) is 0 Å². The number of aliphatic hydroxyl groups is 1. The zero-order valence-electron chi connectivity index (χ0n) is 8.06. The Morgan fingerprint density at radius 1 is 1.38 bits per heavy atom. The number of aromatic amines is 1. The Kier molecular flexibility index (Phi) is 2.86. The Labute approximate surface area is 89.1 Å². The first-order valence-electron chi connectivity index (χ1n) is 4.52. The van der Waals surface area contributed by atoms with Gasteiger partial charge in [-0.1, -0.05) is 11.3 Å². The highest BCUT2D eigenvalue weighted by molar-refractivity contribution is 5.21. The van der Waals surface area contributed by atoms with Gasteiger partial charge in [0.2, 0.25) is 0 Å².